The maximum Gasteiger partial charge on any atom is 0.250 e. The van der Waals surface area contributed by atoms with Crippen LogP contribution in [0.25, 0.3) is 0 Å². The molecule has 1 N–H and O–H groups in total. The van der Waals surface area contributed by atoms with Crippen molar-refractivity contribution in [3.8, 4) is 6.07 Å². The molecule has 0 aliphatic heterocycles. The predicted molar refractivity (Wildman–Crippen MR) is 73.2 cm³/mol. The summed E-state index contributed by atoms with van der Waals surface area (Å²) in [5.74, 6) is 1.98. The molecule has 0 bridgehead atoms. The van der Waals surface area contributed by atoms with Gasteiger partial charge in [-0.2, -0.15) is 5.26 Å². The van der Waals surface area contributed by atoms with Gasteiger partial charge < -0.3 is 0 Å². The molecule has 2 fully saturated rings. The van der Waals surface area contributed by atoms with Crippen LogP contribution in [0.2, 0.25) is 0 Å². The Bertz CT molecular complexity index is 595. The molecule has 0 aromatic carbocycles. The first kappa shape index (κ1) is 13.1. The third-order valence-electron chi connectivity index (χ3n) is 3.92. The van der Waals surface area contributed by atoms with Gasteiger partial charge in [0.05, 0.1) is 0 Å². The summed E-state index contributed by atoms with van der Waals surface area (Å²) in [6, 6.07) is 5.03. The third-order valence-corrected chi connectivity index (χ3v) is 6.83. The van der Waals surface area contributed by atoms with Gasteiger partial charge in [0.1, 0.15) is 15.2 Å². The fourth-order valence-corrected chi connectivity index (χ4v) is 4.79. The molecule has 0 spiro atoms. The summed E-state index contributed by atoms with van der Waals surface area (Å²) in [5.41, 5.74) is 0. The normalized spacial score (nSPS) is 19.6. The van der Waals surface area contributed by atoms with Crippen molar-refractivity contribution in [3.63, 3.8) is 0 Å². The van der Waals surface area contributed by atoms with Gasteiger partial charge in [-0.25, -0.2) is 13.1 Å². The lowest BCUT2D eigenvalue weighted by Crippen LogP contribution is -2.30. The largest absolute Gasteiger partial charge is 0.250 e. The van der Waals surface area contributed by atoms with E-state index in [1.54, 1.807) is 6.07 Å². The van der Waals surface area contributed by atoms with Gasteiger partial charge in [0.15, 0.2) is 0 Å². The molecule has 3 rings (SSSR count). The van der Waals surface area contributed by atoms with E-state index in [1.165, 1.54) is 31.7 Å². The van der Waals surface area contributed by atoms with Crippen LogP contribution in [-0.4, -0.2) is 15.0 Å². The summed E-state index contributed by atoms with van der Waals surface area (Å²) in [4.78, 5) is 0.432. The van der Waals surface area contributed by atoms with Crippen LogP contribution in [0, 0.1) is 29.1 Å². The molecule has 1 aromatic heterocycles. The average molecular weight is 296 g/mol. The Balaban J connectivity index is 1.66. The minimum Gasteiger partial charge on any atom is -0.210 e. The van der Waals surface area contributed by atoms with Gasteiger partial charge in [0, 0.05) is 6.54 Å². The summed E-state index contributed by atoms with van der Waals surface area (Å²) in [7, 11) is -3.44. The lowest BCUT2D eigenvalue weighted by molar-refractivity contribution is 0.402. The minimum absolute atomic E-state index is 0.245. The number of nitrogens with zero attached hydrogens (tertiary/aromatic N) is 1. The zero-order valence-electron chi connectivity index (χ0n) is 10.5. The van der Waals surface area contributed by atoms with Crippen LogP contribution < -0.4 is 4.72 Å². The highest BCUT2D eigenvalue weighted by molar-refractivity contribution is 7.91. The van der Waals surface area contributed by atoms with Crippen molar-refractivity contribution in [2.45, 2.75) is 29.9 Å². The van der Waals surface area contributed by atoms with Crippen molar-refractivity contribution in [2.24, 2.45) is 17.8 Å². The number of rotatable bonds is 6. The summed E-state index contributed by atoms with van der Waals surface area (Å²) < 4.78 is 27.3. The van der Waals surface area contributed by atoms with E-state index in [-0.39, 0.29) is 4.21 Å². The smallest absolute Gasteiger partial charge is 0.210 e. The second kappa shape index (κ2) is 4.89. The number of hydrogen-bond acceptors (Lipinski definition) is 4. The van der Waals surface area contributed by atoms with Crippen molar-refractivity contribution in [3.05, 3.63) is 17.0 Å². The van der Waals surface area contributed by atoms with E-state index in [1.807, 2.05) is 6.07 Å². The lowest BCUT2D eigenvalue weighted by atomic mass is 9.99. The van der Waals surface area contributed by atoms with Crippen molar-refractivity contribution in [1.82, 2.24) is 4.72 Å². The summed E-state index contributed by atoms with van der Waals surface area (Å²) in [6.07, 6.45) is 5.00. The van der Waals surface area contributed by atoms with Crippen LogP contribution in [0.3, 0.4) is 0 Å². The maximum absolute atomic E-state index is 12.1. The van der Waals surface area contributed by atoms with Crippen LogP contribution >= 0.6 is 11.3 Å². The van der Waals surface area contributed by atoms with Crippen LogP contribution in [-0.2, 0) is 10.0 Å². The Morgan fingerprint density at radius 3 is 2.42 bits per heavy atom. The Hall–Kier alpha value is -0.900. The molecule has 0 amide bonds. The van der Waals surface area contributed by atoms with Gasteiger partial charge in [-0.3, -0.25) is 0 Å². The zero-order chi connectivity index (χ0) is 13.5. The second-order valence-electron chi connectivity index (χ2n) is 5.42. The minimum atomic E-state index is -3.44. The second-order valence-corrected chi connectivity index (χ2v) is 8.50. The lowest BCUT2D eigenvalue weighted by Gasteiger charge is -2.15. The number of hydrogen-bond donors (Lipinski definition) is 1. The van der Waals surface area contributed by atoms with Gasteiger partial charge in [-0.1, -0.05) is 0 Å². The van der Waals surface area contributed by atoms with Crippen LogP contribution in [0.1, 0.15) is 30.6 Å². The topological polar surface area (TPSA) is 70.0 Å². The number of nitrogens with one attached hydrogen (secondary N) is 1. The molecule has 1 heterocycles. The predicted octanol–water partition coefficient (Wildman–Crippen LogP) is 2.33. The number of sulfonamides is 1. The van der Waals surface area contributed by atoms with E-state index in [4.69, 9.17) is 5.26 Å². The molecule has 0 atom stereocenters. The molecular formula is C13H16N2O2S2. The molecule has 0 saturated heterocycles. The standard InChI is InChI=1S/C13H16N2O2S2/c14-7-11-5-6-13(18-11)19(16,17)15-8-12(9-1-2-9)10-3-4-10/h5-6,9-10,12,15H,1-4,8H2. The van der Waals surface area contributed by atoms with Gasteiger partial charge in [0.25, 0.3) is 0 Å². The summed E-state index contributed by atoms with van der Waals surface area (Å²) in [6.45, 7) is 0.553. The zero-order valence-corrected chi connectivity index (χ0v) is 12.1. The first-order chi connectivity index (χ1) is 9.10. The maximum atomic E-state index is 12.1. The molecule has 19 heavy (non-hydrogen) atoms. The van der Waals surface area contributed by atoms with Crippen molar-refractivity contribution >= 4 is 21.4 Å². The molecule has 6 heteroatoms. The highest BCUT2D eigenvalue weighted by atomic mass is 32.2. The molecule has 0 radical (unpaired) electrons. The van der Waals surface area contributed by atoms with Crippen LogP contribution in [0.4, 0.5) is 0 Å². The molecule has 4 nitrogen and oxygen atoms in total. The van der Waals surface area contributed by atoms with E-state index in [0.717, 1.165) is 23.2 Å². The molecule has 102 valence electrons. The highest BCUT2D eigenvalue weighted by Gasteiger charge is 2.41. The fourth-order valence-electron chi connectivity index (χ4n) is 2.57. The van der Waals surface area contributed by atoms with Crippen LogP contribution in [0.15, 0.2) is 16.3 Å². The van der Waals surface area contributed by atoms with Gasteiger partial charge in [-0.15, -0.1) is 11.3 Å². The monoisotopic (exact) mass is 296 g/mol. The highest BCUT2D eigenvalue weighted by Crippen LogP contribution is 2.48. The molecule has 2 aliphatic carbocycles. The van der Waals surface area contributed by atoms with E-state index in [2.05, 4.69) is 4.72 Å². The SMILES string of the molecule is N#Cc1ccc(S(=O)(=O)NCC(C2CC2)C2CC2)s1. The molecule has 2 saturated carbocycles. The Labute approximate surface area is 117 Å². The summed E-state index contributed by atoms with van der Waals surface area (Å²) >= 11 is 1.03. The first-order valence-corrected chi connectivity index (χ1v) is 8.90. The van der Waals surface area contributed by atoms with Crippen molar-refractivity contribution < 1.29 is 8.42 Å². The molecular weight excluding hydrogens is 280 g/mol. The Kier molecular flexibility index (Phi) is 3.37. The fraction of sp³-hybridized carbons (Fsp3) is 0.615. The van der Waals surface area contributed by atoms with E-state index >= 15 is 0 Å². The third kappa shape index (κ3) is 2.99. The quantitative estimate of drug-likeness (QED) is 0.876. The van der Waals surface area contributed by atoms with E-state index < -0.39 is 10.0 Å². The molecule has 1 aromatic rings. The van der Waals surface area contributed by atoms with Crippen molar-refractivity contribution in [1.29, 1.82) is 5.26 Å². The Morgan fingerprint density at radius 2 is 1.95 bits per heavy atom. The number of nitriles is 1. The average Bonchev–Trinajstić information content (AvgIpc) is 3.30. The first-order valence-electron chi connectivity index (χ1n) is 6.60. The Morgan fingerprint density at radius 1 is 1.32 bits per heavy atom. The van der Waals surface area contributed by atoms with E-state index in [9.17, 15) is 8.42 Å². The van der Waals surface area contributed by atoms with Crippen LogP contribution in [0.5, 0.6) is 0 Å². The van der Waals surface area contributed by atoms with Gasteiger partial charge in [-0.05, 0) is 55.6 Å². The van der Waals surface area contributed by atoms with E-state index in [0.29, 0.717) is 17.3 Å². The van der Waals surface area contributed by atoms with Crippen molar-refractivity contribution in [2.75, 3.05) is 6.54 Å². The van der Waals surface area contributed by atoms with Gasteiger partial charge in [0.2, 0.25) is 10.0 Å². The van der Waals surface area contributed by atoms with Gasteiger partial charge >= 0.3 is 0 Å². The molecule has 2 aliphatic rings. The number of thiophene rings is 1. The summed E-state index contributed by atoms with van der Waals surface area (Å²) in [5, 5.41) is 8.74. The molecule has 0 unspecified atom stereocenters.